The number of esters is 1. The SMILES string of the molecule is C=CCOC(=O)Nc1cccc(CCCOC(=O)[C@@H]2CCCN2CC(=O)c2cc(OC)c(OC)c(OC)c2)c1. The molecule has 1 fully saturated rings. The second kappa shape index (κ2) is 14.8. The van der Waals surface area contributed by atoms with Crippen molar-refractivity contribution in [2.45, 2.75) is 31.7 Å². The molecule has 3 rings (SSSR count). The number of hydrogen-bond acceptors (Lipinski definition) is 9. The van der Waals surface area contributed by atoms with Crippen molar-refractivity contribution in [3.8, 4) is 17.2 Å². The van der Waals surface area contributed by atoms with Crippen LogP contribution in [0.2, 0.25) is 0 Å². The van der Waals surface area contributed by atoms with Crippen molar-refractivity contribution in [3.05, 3.63) is 60.2 Å². The van der Waals surface area contributed by atoms with Gasteiger partial charge in [0.15, 0.2) is 17.3 Å². The molecule has 210 valence electrons. The first kappa shape index (κ1) is 29.5. The molecule has 10 nitrogen and oxygen atoms in total. The third-order valence-corrected chi connectivity index (χ3v) is 6.33. The van der Waals surface area contributed by atoms with E-state index in [1.165, 1.54) is 27.4 Å². The number of carbonyl (C=O) groups is 3. The Labute approximate surface area is 228 Å². The van der Waals surface area contributed by atoms with Crippen LogP contribution in [0.4, 0.5) is 10.5 Å². The standard InChI is InChI=1S/C29H36N2O8/c1-5-14-39-29(34)30-22-11-6-9-20(16-22)10-8-15-38-28(33)23-12-7-13-31(23)19-24(32)21-17-25(35-2)27(37-4)26(18-21)36-3/h5-6,9,11,16-18,23H,1,7-8,10,12-15,19H2,2-4H3,(H,30,34)/t23-/m0/s1. The number of Topliss-reactive ketones (excluding diaryl/α,β-unsaturated/α-hetero) is 1. The lowest BCUT2D eigenvalue weighted by Crippen LogP contribution is -2.40. The minimum absolute atomic E-state index is 0.0768. The summed E-state index contributed by atoms with van der Waals surface area (Å²) in [4.78, 5) is 39.5. The van der Waals surface area contributed by atoms with Crippen molar-refractivity contribution in [2.75, 3.05) is 52.9 Å². The summed E-state index contributed by atoms with van der Waals surface area (Å²) in [5.41, 5.74) is 2.03. The molecule has 2 aromatic rings. The van der Waals surface area contributed by atoms with E-state index in [1.54, 1.807) is 18.2 Å². The Hall–Kier alpha value is -4.05. The average Bonchev–Trinajstić information content (AvgIpc) is 3.41. The molecule has 1 N–H and O–H groups in total. The maximum absolute atomic E-state index is 13.1. The van der Waals surface area contributed by atoms with Crippen molar-refractivity contribution in [3.63, 3.8) is 0 Å². The first-order chi connectivity index (χ1) is 18.9. The van der Waals surface area contributed by atoms with Gasteiger partial charge in [-0.3, -0.25) is 19.8 Å². The van der Waals surface area contributed by atoms with Crippen LogP contribution in [0.25, 0.3) is 0 Å². The van der Waals surface area contributed by atoms with Crippen molar-refractivity contribution >= 4 is 23.5 Å². The number of rotatable bonds is 14. The molecule has 0 bridgehead atoms. The number of amides is 1. The number of nitrogens with one attached hydrogen (secondary N) is 1. The Morgan fingerprint density at radius 3 is 2.46 bits per heavy atom. The van der Waals surface area contributed by atoms with E-state index in [9.17, 15) is 14.4 Å². The Morgan fingerprint density at radius 2 is 1.79 bits per heavy atom. The third kappa shape index (κ3) is 8.22. The fraction of sp³-hybridized carbons (Fsp3) is 0.414. The summed E-state index contributed by atoms with van der Waals surface area (Å²) in [7, 11) is 4.49. The fourth-order valence-corrected chi connectivity index (χ4v) is 4.44. The second-order valence-electron chi connectivity index (χ2n) is 8.95. The van der Waals surface area contributed by atoms with Gasteiger partial charge in [0.1, 0.15) is 12.6 Å². The third-order valence-electron chi connectivity index (χ3n) is 6.33. The van der Waals surface area contributed by atoms with Crippen molar-refractivity contribution in [1.82, 2.24) is 4.90 Å². The number of nitrogens with zero attached hydrogens (tertiary/aromatic N) is 1. The Morgan fingerprint density at radius 1 is 1.05 bits per heavy atom. The topological polar surface area (TPSA) is 113 Å². The molecule has 1 aliphatic rings. The Bertz CT molecular complexity index is 1140. The van der Waals surface area contributed by atoms with Gasteiger partial charge in [0, 0.05) is 11.3 Å². The van der Waals surface area contributed by atoms with Crippen molar-refractivity contribution < 1.29 is 38.1 Å². The Kier molecular flexibility index (Phi) is 11.2. The quantitative estimate of drug-likeness (QED) is 0.162. The first-order valence-corrected chi connectivity index (χ1v) is 12.8. The molecule has 10 heteroatoms. The van der Waals surface area contributed by atoms with Crippen LogP contribution in [0, 0.1) is 0 Å². The molecule has 2 aromatic carbocycles. The zero-order valence-electron chi connectivity index (χ0n) is 22.7. The summed E-state index contributed by atoms with van der Waals surface area (Å²) >= 11 is 0. The number of aryl methyl sites for hydroxylation is 1. The normalized spacial score (nSPS) is 14.8. The highest BCUT2D eigenvalue weighted by molar-refractivity contribution is 5.99. The van der Waals surface area contributed by atoms with Crippen LogP contribution >= 0.6 is 0 Å². The van der Waals surface area contributed by atoms with Gasteiger partial charge < -0.3 is 23.7 Å². The summed E-state index contributed by atoms with van der Waals surface area (Å²) in [5.74, 6) is 0.715. The highest BCUT2D eigenvalue weighted by Gasteiger charge is 2.33. The van der Waals surface area contributed by atoms with Gasteiger partial charge in [-0.15, -0.1) is 0 Å². The fourth-order valence-electron chi connectivity index (χ4n) is 4.44. The number of anilines is 1. The number of carbonyl (C=O) groups excluding carboxylic acids is 3. The number of likely N-dealkylation sites (tertiary alicyclic amines) is 1. The van der Waals surface area contributed by atoms with E-state index < -0.39 is 12.1 Å². The molecular formula is C29H36N2O8. The number of ether oxygens (including phenoxy) is 5. The van der Waals surface area contributed by atoms with Crippen LogP contribution in [-0.2, 0) is 20.7 Å². The summed E-state index contributed by atoms with van der Waals surface area (Å²) < 4.78 is 26.5. The number of benzene rings is 2. The average molecular weight is 541 g/mol. The highest BCUT2D eigenvalue weighted by atomic mass is 16.5. The van der Waals surface area contributed by atoms with Gasteiger partial charge in [-0.1, -0.05) is 24.8 Å². The van der Waals surface area contributed by atoms with Crippen LogP contribution in [0.3, 0.4) is 0 Å². The lowest BCUT2D eigenvalue weighted by Gasteiger charge is -2.22. The number of hydrogen-bond donors (Lipinski definition) is 1. The monoisotopic (exact) mass is 540 g/mol. The molecule has 0 unspecified atom stereocenters. The van der Waals surface area contributed by atoms with Gasteiger partial charge in [0.05, 0.1) is 34.5 Å². The van der Waals surface area contributed by atoms with E-state index in [0.29, 0.717) is 54.3 Å². The Balaban J connectivity index is 1.50. The van der Waals surface area contributed by atoms with E-state index in [-0.39, 0.29) is 31.5 Å². The predicted octanol–water partition coefficient (Wildman–Crippen LogP) is 4.27. The van der Waals surface area contributed by atoms with E-state index in [2.05, 4.69) is 11.9 Å². The van der Waals surface area contributed by atoms with Crippen molar-refractivity contribution in [1.29, 1.82) is 0 Å². The van der Waals surface area contributed by atoms with Crippen LogP contribution < -0.4 is 19.5 Å². The summed E-state index contributed by atoms with van der Waals surface area (Å²) in [5, 5.41) is 2.67. The molecule has 0 radical (unpaired) electrons. The predicted molar refractivity (Wildman–Crippen MR) is 146 cm³/mol. The van der Waals surface area contributed by atoms with E-state index >= 15 is 0 Å². The van der Waals surface area contributed by atoms with Gasteiger partial charge in [-0.05, 0) is 62.1 Å². The first-order valence-electron chi connectivity index (χ1n) is 12.8. The molecule has 1 heterocycles. The molecular weight excluding hydrogens is 504 g/mol. The van der Waals surface area contributed by atoms with E-state index in [0.717, 1.165) is 12.0 Å². The second-order valence-corrected chi connectivity index (χ2v) is 8.95. The van der Waals surface area contributed by atoms with Gasteiger partial charge >= 0.3 is 12.1 Å². The van der Waals surface area contributed by atoms with Crippen LogP contribution in [0.5, 0.6) is 17.2 Å². The zero-order chi connectivity index (χ0) is 28.2. The lowest BCUT2D eigenvalue weighted by atomic mass is 10.1. The molecule has 0 saturated carbocycles. The lowest BCUT2D eigenvalue weighted by molar-refractivity contribution is -0.148. The van der Waals surface area contributed by atoms with Crippen LogP contribution in [0.1, 0.15) is 35.2 Å². The van der Waals surface area contributed by atoms with E-state index in [4.69, 9.17) is 23.7 Å². The van der Waals surface area contributed by atoms with Gasteiger partial charge in [-0.25, -0.2) is 4.79 Å². The highest BCUT2D eigenvalue weighted by Crippen LogP contribution is 2.38. The molecule has 0 spiro atoms. The minimum Gasteiger partial charge on any atom is -0.493 e. The molecule has 1 amide bonds. The molecule has 1 atom stereocenters. The summed E-state index contributed by atoms with van der Waals surface area (Å²) in [6.45, 7) is 4.60. The summed E-state index contributed by atoms with van der Waals surface area (Å²) in [6.07, 6.45) is 3.67. The maximum atomic E-state index is 13.1. The maximum Gasteiger partial charge on any atom is 0.411 e. The molecule has 0 aromatic heterocycles. The number of methoxy groups -OCH3 is 3. The van der Waals surface area contributed by atoms with Gasteiger partial charge in [-0.2, -0.15) is 0 Å². The van der Waals surface area contributed by atoms with Gasteiger partial charge in [0.25, 0.3) is 0 Å². The minimum atomic E-state index is -0.550. The van der Waals surface area contributed by atoms with Crippen LogP contribution in [0.15, 0.2) is 49.1 Å². The van der Waals surface area contributed by atoms with Crippen LogP contribution in [-0.4, -0.2) is 76.4 Å². The smallest absolute Gasteiger partial charge is 0.411 e. The molecule has 0 aliphatic carbocycles. The molecule has 1 saturated heterocycles. The van der Waals surface area contributed by atoms with Crippen molar-refractivity contribution in [2.24, 2.45) is 0 Å². The number of ketones is 1. The largest absolute Gasteiger partial charge is 0.493 e. The summed E-state index contributed by atoms with van der Waals surface area (Å²) in [6, 6.07) is 10.2. The zero-order valence-corrected chi connectivity index (χ0v) is 22.7. The molecule has 1 aliphatic heterocycles. The molecule has 39 heavy (non-hydrogen) atoms. The van der Waals surface area contributed by atoms with Gasteiger partial charge in [0.2, 0.25) is 5.75 Å². The van der Waals surface area contributed by atoms with E-state index in [1.807, 2.05) is 23.1 Å².